The van der Waals surface area contributed by atoms with Crippen molar-refractivity contribution in [3.8, 4) is 5.69 Å². The van der Waals surface area contributed by atoms with Gasteiger partial charge in [-0.05, 0) is 62.9 Å². The van der Waals surface area contributed by atoms with Gasteiger partial charge in [-0.1, -0.05) is 30.3 Å². The lowest BCUT2D eigenvalue weighted by atomic mass is 9.90. The fourth-order valence-corrected chi connectivity index (χ4v) is 3.82. The van der Waals surface area contributed by atoms with Crippen LogP contribution < -0.4 is 0 Å². The predicted molar refractivity (Wildman–Crippen MR) is 104 cm³/mol. The molecule has 0 spiro atoms. The normalized spacial score (nSPS) is 16.0. The Kier molecular flexibility index (Phi) is 5.12. The third kappa shape index (κ3) is 4.02. The second-order valence-corrected chi connectivity index (χ2v) is 7.30. The van der Waals surface area contributed by atoms with Gasteiger partial charge in [-0.15, -0.1) is 0 Å². The second kappa shape index (κ2) is 7.83. The number of hydrogen-bond acceptors (Lipinski definition) is 3. The van der Waals surface area contributed by atoms with Crippen LogP contribution in [0.1, 0.15) is 29.7 Å². The number of likely N-dealkylation sites (tertiary alicyclic amines) is 1. The highest BCUT2D eigenvalue weighted by Crippen LogP contribution is 2.23. The smallest absolute Gasteiger partial charge is 0.0676 e. The molecule has 4 rings (SSSR count). The molecule has 1 aliphatic rings. The number of aryl methyl sites for hydroxylation is 1. The fourth-order valence-electron chi connectivity index (χ4n) is 3.82. The van der Waals surface area contributed by atoms with Crippen LogP contribution in [0.5, 0.6) is 0 Å². The van der Waals surface area contributed by atoms with Crippen molar-refractivity contribution in [2.75, 3.05) is 13.1 Å². The van der Waals surface area contributed by atoms with Gasteiger partial charge >= 0.3 is 0 Å². The first-order valence-corrected chi connectivity index (χ1v) is 9.50. The van der Waals surface area contributed by atoms with E-state index in [2.05, 4.69) is 58.4 Å². The number of hydrogen-bond donors (Lipinski definition) is 0. The van der Waals surface area contributed by atoms with Crippen molar-refractivity contribution in [3.63, 3.8) is 0 Å². The maximum Gasteiger partial charge on any atom is 0.0676 e. The van der Waals surface area contributed by atoms with Gasteiger partial charge in [-0.2, -0.15) is 5.10 Å². The summed E-state index contributed by atoms with van der Waals surface area (Å²) in [5.74, 6) is 0.814. The molecular weight excluding hydrogens is 320 g/mol. The minimum absolute atomic E-state index is 0.814. The molecule has 1 aliphatic heterocycles. The lowest BCUT2D eigenvalue weighted by molar-refractivity contribution is 0.177. The largest absolute Gasteiger partial charge is 0.299 e. The van der Waals surface area contributed by atoms with Crippen LogP contribution in [0.2, 0.25) is 0 Å². The summed E-state index contributed by atoms with van der Waals surface area (Å²) in [6.45, 7) is 5.46. The van der Waals surface area contributed by atoms with E-state index in [1.807, 2.05) is 29.2 Å². The van der Waals surface area contributed by atoms with Gasteiger partial charge in [0, 0.05) is 30.7 Å². The molecule has 0 aliphatic carbocycles. The van der Waals surface area contributed by atoms with Crippen LogP contribution in [0.4, 0.5) is 0 Å². The molecule has 4 nitrogen and oxygen atoms in total. The first-order valence-electron chi connectivity index (χ1n) is 9.50. The minimum atomic E-state index is 0.814. The van der Waals surface area contributed by atoms with Crippen molar-refractivity contribution >= 4 is 0 Å². The maximum atomic E-state index is 4.68. The third-order valence-electron chi connectivity index (χ3n) is 5.40. The average Bonchev–Trinajstić information content (AvgIpc) is 3.05. The Hall–Kier alpha value is -2.46. The molecule has 3 heterocycles. The number of rotatable bonds is 5. The van der Waals surface area contributed by atoms with Crippen LogP contribution in [-0.4, -0.2) is 32.8 Å². The number of nitrogens with zero attached hydrogens (tertiary/aromatic N) is 4. The Bertz CT molecular complexity index is 818. The van der Waals surface area contributed by atoms with Crippen LogP contribution in [0.15, 0.2) is 61.1 Å². The van der Waals surface area contributed by atoms with Gasteiger partial charge in [0.25, 0.3) is 0 Å². The highest BCUT2D eigenvalue weighted by Gasteiger charge is 2.20. The summed E-state index contributed by atoms with van der Waals surface area (Å²) in [5, 5.41) is 4.68. The summed E-state index contributed by atoms with van der Waals surface area (Å²) >= 11 is 0. The summed E-state index contributed by atoms with van der Waals surface area (Å²) in [7, 11) is 0. The van der Waals surface area contributed by atoms with E-state index < -0.39 is 0 Å². The van der Waals surface area contributed by atoms with E-state index in [0.29, 0.717) is 0 Å². The topological polar surface area (TPSA) is 34.0 Å². The summed E-state index contributed by atoms with van der Waals surface area (Å²) < 4.78 is 1.97. The Morgan fingerprint density at radius 3 is 2.46 bits per heavy atom. The van der Waals surface area contributed by atoms with Crippen molar-refractivity contribution in [2.24, 2.45) is 5.92 Å². The molecule has 0 bridgehead atoms. The molecule has 3 aromatic rings. The molecule has 26 heavy (non-hydrogen) atoms. The van der Waals surface area contributed by atoms with Crippen molar-refractivity contribution in [3.05, 3.63) is 77.9 Å². The Morgan fingerprint density at radius 2 is 1.73 bits per heavy atom. The van der Waals surface area contributed by atoms with Gasteiger partial charge in [-0.3, -0.25) is 9.88 Å². The van der Waals surface area contributed by atoms with E-state index in [9.17, 15) is 0 Å². The molecule has 1 fully saturated rings. The molecule has 4 heteroatoms. The highest BCUT2D eigenvalue weighted by molar-refractivity contribution is 5.30. The third-order valence-corrected chi connectivity index (χ3v) is 5.40. The van der Waals surface area contributed by atoms with Crippen LogP contribution >= 0.6 is 0 Å². The average molecular weight is 346 g/mol. The van der Waals surface area contributed by atoms with Gasteiger partial charge in [0.05, 0.1) is 11.4 Å². The number of aromatic nitrogens is 3. The molecule has 0 amide bonds. The summed E-state index contributed by atoms with van der Waals surface area (Å²) in [4.78, 5) is 6.65. The lowest BCUT2D eigenvalue weighted by Gasteiger charge is -2.31. The zero-order valence-electron chi connectivity index (χ0n) is 15.4. The van der Waals surface area contributed by atoms with Gasteiger partial charge < -0.3 is 0 Å². The van der Waals surface area contributed by atoms with E-state index in [4.69, 9.17) is 0 Å². The first-order chi connectivity index (χ1) is 12.8. The minimum Gasteiger partial charge on any atom is -0.299 e. The zero-order valence-corrected chi connectivity index (χ0v) is 15.4. The van der Waals surface area contributed by atoms with Gasteiger partial charge in [0.15, 0.2) is 0 Å². The summed E-state index contributed by atoms with van der Waals surface area (Å²) in [6, 6.07) is 14.9. The van der Waals surface area contributed by atoms with E-state index >= 15 is 0 Å². The van der Waals surface area contributed by atoms with Crippen LogP contribution in [0.25, 0.3) is 5.69 Å². The summed E-state index contributed by atoms with van der Waals surface area (Å²) in [5.41, 5.74) is 4.98. The lowest BCUT2D eigenvalue weighted by Crippen LogP contribution is -2.33. The Balaban J connectivity index is 1.34. The number of pyridine rings is 1. The van der Waals surface area contributed by atoms with E-state index in [0.717, 1.165) is 23.8 Å². The molecule has 1 saturated heterocycles. The van der Waals surface area contributed by atoms with Gasteiger partial charge in [0.2, 0.25) is 0 Å². The first kappa shape index (κ1) is 17.0. The van der Waals surface area contributed by atoms with Crippen LogP contribution in [0.3, 0.4) is 0 Å². The molecule has 0 atom stereocenters. The highest BCUT2D eigenvalue weighted by atomic mass is 15.3. The van der Waals surface area contributed by atoms with Crippen LogP contribution in [0, 0.1) is 12.8 Å². The Labute approximate surface area is 155 Å². The van der Waals surface area contributed by atoms with Gasteiger partial charge in [-0.25, -0.2) is 4.68 Å². The van der Waals surface area contributed by atoms with Crippen LogP contribution in [-0.2, 0) is 13.0 Å². The number of piperidine rings is 1. The van der Waals surface area contributed by atoms with E-state index in [1.165, 1.54) is 43.5 Å². The monoisotopic (exact) mass is 346 g/mol. The summed E-state index contributed by atoms with van der Waals surface area (Å²) in [6.07, 6.45) is 9.57. The van der Waals surface area contributed by atoms with Crippen molar-refractivity contribution in [2.45, 2.75) is 32.7 Å². The number of benzene rings is 1. The quantitative estimate of drug-likeness (QED) is 0.699. The molecule has 134 valence electrons. The molecule has 0 unspecified atom stereocenters. The molecule has 0 radical (unpaired) electrons. The SMILES string of the molecule is Cc1nn(-c2ccncc2)cc1CN1CCC(Cc2ccccc2)CC1. The molecular formula is C22H26N4. The van der Waals surface area contributed by atoms with Crippen molar-refractivity contribution < 1.29 is 0 Å². The Morgan fingerprint density at radius 1 is 1.00 bits per heavy atom. The van der Waals surface area contributed by atoms with E-state index in [-0.39, 0.29) is 0 Å². The van der Waals surface area contributed by atoms with Crippen molar-refractivity contribution in [1.29, 1.82) is 0 Å². The second-order valence-electron chi connectivity index (χ2n) is 7.30. The standard InChI is InChI=1S/C22H26N4/c1-18-21(17-26(24-18)22-7-11-23-12-8-22)16-25-13-9-20(10-14-25)15-19-5-3-2-4-6-19/h2-8,11-12,17,20H,9-10,13-16H2,1H3. The zero-order chi connectivity index (χ0) is 17.8. The predicted octanol–water partition coefficient (Wildman–Crippen LogP) is 4.03. The van der Waals surface area contributed by atoms with E-state index in [1.54, 1.807) is 0 Å². The molecule has 0 saturated carbocycles. The molecule has 2 aromatic heterocycles. The fraction of sp³-hybridized carbons (Fsp3) is 0.364. The maximum absolute atomic E-state index is 4.68. The van der Waals surface area contributed by atoms with Crippen molar-refractivity contribution in [1.82, 2.24) is 19.7 Å². The molecule has 0 N–H and O–H groups in total. The van der Waals surface area contributed by atoms with Gasteiger partial charge in [0.1, 0.15) is 0 Å². The molecule has 1 aromatic carbocycles.